The molecule has 4 heteroatoms. The van der Waals surface area contributed by atoms with Crippen LogP contribution >= 0.6 is 0 Å². The maximum atomic E-state index is 14.3. The Kier molecular flexibility index (Phi) is 4.72. The van der Waals surface area contributed by atoms with Gasteiger partial charge in [0.2, 0.25) is 0 Å². The average Bonchev–Trinajstić information content (AvgIpc) is 3.27. The largest absolute Gasteiger partial charge is 0.361 e. The Balaban J connectivity index is 1.52. The lowest BCUT2D eigenvalue weighted by atomic mass is 9.33. The number of carbonyl (C=O) groups is 2. The van der Waals surface area contributed by atoms with Crippen LogP contribution in [-0.4, -0.2) is 17.2 Å². The van der Waals surface area contributed by atoms with Crippen molar-refractivity contribution in [2.24, 2.45) is 51.2 Å². The first-order valence-corrected chi connectivity index (χ1v) is 14.0. The average molecular weight is 478 g/mol. The molecule has 3 saturated carbocycles. The molecular formula is C31H43NO3. The summed E-state index contributed by atoms with van der Waals surface area (Å²) in [5, 5.41) is 4.19. The van der Waals surface area contributed by atoms with E-state index in [1.807, 2.05) is 6.20 Å². The van der Waals surface area contributed by atoms with Gasteiger partial charge in [-0.25, -0.2) is 0 Å². The Labute approximate surface area is 210 Å². The van der Waals surface area contributed by atoms with Crippen LogP contribution in [0.5, 0.6) is 0 Å². The van der Waals surface area contributed by atoms with E-state index < -0.39 is 0 Å². The molecule has 0 unspecified atom stereocenters. The lowest BCUT2D eigenvalue weighted by Crippen LogP contribution is -2.66. The number of rotatable bonds is 1. The highest BCUT2D eigenvalue weighted by molar-refractivity contribution is 5.96. The summed E-state index contributed by atoms with van der Waals surface area (Å²) in [7, 11) is 0. The zero-order valence-electron chi connectivity index (χ0n) is 22.7. The number of hydrogen-bond donors (Lipinski definition) is 0. The number of aldehydes is 1. The second kappa shape index (κ2) is 6.98. The van der Waals surface area contributed by atoms with Crippen LogP contribution in [0.3, 0.4) is 0 Å². The molecule has 0 aromatic carbocycles. The Hall–Kier alpha value is -1.71. The highest BCUT2D eigenvalue weighted by Crippen LogP contribution is 2.74. The predicted molar refractivity (Wildman–Crippen MR) is 136 cm³/mol. The first-order chi connectivity index (χ1) is 16.4. The van der Waals surface area contributed by atoms with Crippen LogP contribution < -0.4 is 0 Å². The van der Waals surface area contributed by atoms with Crippen LogP contribution in [0.2, 0.25) is 0 Å². The van der Waals surface area contributed by atoms with Crippen LogP contribution in [0.1, 0.15) is 98.3 Å². The van der Waals surface area contributed by atoms with Gasteiger partial charge >= 0.3 is 0 Å². The molecule has 5 aliphatic carbocycles. The number of aromatic nitrogens is 1. The van der Waals surface area contributed by atoms with E-state index in [1.54, 1.807) is 0 Å². The zero-order valence-corrected chi connectivity index (χ0v) is 22.7. The third kappa shape index (κ3) is 2.62. The van der Waals surface area contributed by atoms with Crippen molar-refractivity contribution < 1.29 is 14.1 Å². The number of fused-ring (bicyclic) bond motifs is 8. The number of nitrogens with zero attached hydrogens (tertiary/aromatic N) is 1. The van der Waals surface area contributed by atoms with Crippen molar-refractivity contribution in [2.75, 3.05) is 0 Å². The fraction of sp³-hybridized carbons (Fsp3) is 0.774. The molecule has 0 aliphatic heterocycles. The Morgan fingerprint density at radius 1 is 1.03 bits per heavy atom. The first kappa shape index (κ1) is 23.7. The SMILES string of the molecule is C[C@@H]1[C@H]2[C@H]3C(=O)C=C4[C@@]5(C)Cc6cnoc6C(C)(C)[C@@H]5CC[C@@]4(C)[C@]3(C)CC[C@@]2(C=O)CC[C@H]1C. The summed E-state index contributed by atoms with van der Waals surface area (Å²) in [5.41, 5.74) is 1.88. The molecule has 0 spiro atoms. The minimum absolute atomic E-state index is 0.0446. The van der Waals surface area contributed by atoms with Crippen molar-refractivity contribution in [1.82, 2.24) is 5.16 Å². The van der Waals surface area contributed by atoms with Gasteiger partial charge in [-0.15, -0.1) is 0 Å². The lowest BCUT2D eigenvalue weighted by molar-refractivity contribution is -0.177. The van der Waals surface area contributed by atoms with Crippen LogP contribution in [0.4, 0.5) is 0 Å². The maximum Gasteiger partial charge on any atom is 0.159 e. The van der Waals surface area contributed by atoms with E-state index in [0.717, 1.165) is 50.7 Å². The van der Waals surface area contributed by atoms with Crippen LogP contribution in [0.25, 0.3) is 0 Å². The van der Waals surface area contributed by atoms with Crippen molar-refractivity contribution in [2.45, 2.75) is 98.8 Å². The number of carbonyl (C=O) groups excluding carboxylic acids is 2. The van der Waals surface area contributed by atoms with E-state index in [-0.39, 0.29) is 38.9 Å². The van der Waals surface area contributed by atoms with Gasteiger partial charge in [0.15, 0.2) is 5.78 Å². The Morgan fingerprint density at radius 2 is 1.77 bits per heavy atom. The normalized spacial score (nSPS) is 50.1. The summed E-state index contributed by atoms with van der Waals surface area (Å²) >= 11 is 0. The smallest absolute Gasteiger partial charge is 0.159 e. The van der Waals surface area contributed by atoms with Crippen molar-refractivity contribution in [1.29, 1.82) is 0 Å². The van der Waals surface area contributed by atoms with Gasteiger partial charge in [-0.3, -0.25) is 4.79 Å². The molecule has 4 nitrogen and oxygen atoms in total. The molecule has 190 valence electrons. The van der Waals surface area contributed by atoms with Gasteiger partial charge in [0, 0.05) is 22.3 Å². The molecule has 0 amide bonds. The third-order valence-corrected chi connectivity index (χ3v) is 13.0. The quantitative estimate of drug-likeness (QED) is 0.421. The van der Waals surface area contributed by atoms with E-state index in [0.29, 0.717) is 23.5 Å². The summed E-state index contributed by atoms with van der Waals surface area (Å²) in [4.78, 5) is 27.0. The van der Waals surface area contributed by atoms with Crippen LogP contribution in [0, 0.1) is 51.2 Å². The molecule has 1 aromatic heterocycles. The summed E-state index contributed by atoms with van der Waals surface area (Å²) in [5.74, 6) is 2.79. The van der Waals surface area contributed by atoms with Gasteiger partial charge < -0.3 is 9.32 Å². The van der Waals surface area contributed by atoms with Gasteiger partial charge in [0.1, 0.15) is 12.0 Å². The maximum absolute atomic E-state index is 14.3. The molecule has 1 aromatic rings. The monoisotopic (exact) mass is 477 g/mol. The minimum Gasteiger partial charge on any atom is -0.361 e. The number of hydrogen-bond acceptors (Lipinski definition) is 4. The fourth-order valence-corrected chi connectivity index (χ4v) is 10.8. The van der Waals surface area contributed by atoms with E-state index in [4.69, 9.17) is 4.52 Å². The molecule has 1 heterocycles. The molecule has 0 N–H and O–H groups in total. The van der Waals surface area contributed by atoms with Crippen molar-refractivity contribution >= 4 is 12.1 Å². The van der Waals surface area contributed by atoms with Gasteiger partial charge in [-0.05, 0) is 90.9 Å². The number of ketones is 1. The summed E-state index contributed by atoms with van der Waals surface area (Å²) in [6.45, 7) is 16.6. The third-order valence-electron chi connectivity index (χ3n) is 13.0. The molecule has 5 aliphatic rings. The van der Waals surface area contributed by atoms with E-state index in [9.17, 15) is 9.59 Å². The van der Waals surface area contributed by atoms with Crippen LogP contribution in [-0.2, 0) is 21.4 Å². The van der Waals surface area contributed by atoms with Gasteiger partial charge in [0.25, 0.3) is 0 Å². The minimum atomic E-state index is -0.321. The van der Waals surface area contributed by atoms with E-state index >= 15 is 0 Å². The van der Waals surface area contributed by atoms with Crippen molar-refractivity contribution in [3.05, 3.63) is 29.2 Å². The molecule has 3 fully saturated rings. The molecule has 35 heavy (non-hydrogen) atoms. The predicted octanol–water partition coefficient (Wildman–Crippen LogP) is 6.72. The van der Waals surface area contributed by atoms with Gasteiger partial charge in [0.05, 0.1) is 6.20 Å². The summed E-state index contributed by atoms with van der Waals surface area (Å²) < 4.78 is 5.79. The second-order valence-corrected chi connectivity index (χ2v) is 14.5. The van der Waals surface area contributed by atoms with Crippen molar-refractivity contribution in [3.8, 4) is 0 Å². The topological polar surface area (TPSA) is 60.2 Å². The fourth-order valence-electron chi connectivity index (χ4n) is 10.8. The molecule has 0 radical (unpaired) electrons. The second-order valence-electron chi connectivity index (χ2n) is 14.5. The van der Waals surface area contributed by atoms with Crippen LogP contribution in [0.15, 0.2) is 22.4 Å². The van der Waals surface area contributed by atoms with Gasteiger partial charge in [-0.1, -0.05) is 59.2 Å². The number of allylic oxidation sites excluding steroid dienone is 2. The van der Waals surface area contributed by atoms with Gasteiger partial charge in [-0.2, -0.15) is 0 Å². The van der Waals surface area contributed by atoms with E-state index in [2.05, 4.69) is 59.7 Å². The summed E-state index contributed by atoms with van der Waals surface area (Å²) in [6, 6.07) is 0. The zero-order chi connectivity index (χ0) is 25.2. The lowest BCUT2D eigenvalue weighted by Gasteiger charge is -2.69. The molecule has 6 rings (SSSR count). The molecule has 0 saturated heterocycles. The molecule has 9 atom stereocenters. The highest BCUT2D eigenvalue weighted by Gasteiger charge is 2.70. The molecular weight excluding hydrogens is 434 g/mol. The first-order valence-electron chi connectivity index (χ1n) is 14.0. The Bertz CT molecular complexity index is 1130. The van der Waals surface area contributed by atoms with Crippen molar-refractivity contribution in [3.63, 3.8) is 0 Å². The van der Waals surface area contributed by atoms with E-state index in [1.165, 1.54) is 17.4 Å². The molecule has 0 bridgehead atoms. The highest BCUT2D eigenvalue weighted by atomic mass is 16.5. The summed E-state index contributed by atoms with van der Waals surface area (Å²) in [6.07, 6.45) is 12.3. The standard InChI is InChI=1S/C31H43NO3/c1-18-8-11-31(17-33)13-12-30(7)25(24(31)19(18)2)21(34)14-23-28(5)15-20-16-32-35-26(20)27(3,4)22(28)9-10-29(23,30)6/h14,16-19,22,24-25H,8-13,15H2,1-7H3/t18-,19+,22+,24+,25-,28+,29-,30-,31-/m1/s1. The Morgan fingerprint density at radius 3 is 2.49 bits per heavy atom.